The van der Waals surface area contributed by atoms with Crippen LogP contribution in [0.4, 0.5) is 4.39 Å². The van der Waals surface area contributed by atoms with Crippen molar-refractivity contribution in [1.29, 1.82) is 0 Å². The van der Waals surface area contributed by atoms with Crippen molar-refractivity contribution in [1.82, 2.24) is 15.3 Å². The summed E-state index contributed by atoms with van der Waals surface area (Å²) in [7, 11) is 1.59. The number of hydrogen-bond acceptors (Lipinski definition) is 4. The van der Waals surface area contributed by atoms with Gasteiger partial charge in [0.2, 0.25) is 5.88 Å². The summed E-state index contributed by atoms with van der Waals surface area (Å²) in [6, 6.07) is 5.34. The molecule has 1 N–H and O–H groups in total. The van der Waals surface area contributed by atoms with E-state index in [1.165, 1.54) is 12.3 Å². The van der Waals surface area contributed by atoms with Gasteiger partial charge in [-0.3, -0.25) is 4.98 Å². The first-order valence-electron chi connectivity index (χ1n) is 7.05. The highest BCUT2D eigenvalue weighted by Crippen LogP contribution is 2.19. The van der Waals surface area contributed by atoms with Gasteiger partial charge < -0.3 is 10.1 Å². The van der Waals surface area contributed by atoms with E-state index in [1.807, 2.05) is 12.1 Å². The highest BCUT2D eigenvalue weighted by atomic mass is 19.1. The third kappa shape index (κ3) is 4.49. The predicted octanol–water partition coefficient (Wildman–Crippen LogP) is 2.91. The van der Waals surface area contributed by atoms with E-state index in [1.54, 1.807) is 19.5 Å². The fourth-order valence-corrected chi connectivity index (χ4v) is 2.13. The molecule has 112 valence electrons. The molecule has 0 aliphatic carbocycles. The van der Waals surface area contributed by atoms with Gasteiger partial charge >= 0.3 is 0 Å². The molecule has 0 saturated carbocycles. The van der Waals surface area contributed by atoms with Crippen LogP contribution >= 0.6 is 0 Å². The second-order valence-electron chi connectivity index (χ2n) is 4.86. The Bertz CT molecular complexity index is 560. The normalized spacial score (nSPS) is 12.1. The standard InChI is InChI=1S/C16H20FN3O/c1-3-6-19-15(13-8-14(17)11-18-10-13)7-12-4-5-16(21-2)20-9-12/h4-5,8-11,15,19H,3,6-7H2,1-2H3. The molecular formula is C16H20FN3O. The summed E-state index contributed by atoms with van der Waals surface area (Å²) < 4.78 is 18.4. The third-order valence-corrected chi connectivity index (χ3v) is 3.22. The maximum atomic E-state index is 13.4. The summed E-state index contributed by atoms with van der Waals surface area (Å²) in [5, 5.41) is 3.42. The Morgan fingerprint density at radius 1 is 1.29 bits per heavy atom. The molecule has 1 unspecified atom stereocenters. The van der Waals surface area contributed by atoms with E-state index in [0.29, 0.717) is 5.88 Å². The van der Waals surface area contributed by atoms with Crippen molar-refractivity contribution in [2.45, 2.75) is 25.8 Å². The molecule has 2 rings (SSSR count). The minimum atomic E-state index is -0.316. The Balaban J connectivity index is 2.15. The van der Waals surface area contributed by atoms with Gasteiger partial charge in [-0.05, 0) is 36.6 Å². The topological polar surface area (TPSA) is 47.0 Å². The highest BCUT2D eigenvalue weighted by molar-refractivity contribution is 5.22. The van der Waals surface area contributed by atoms with Crippen molar-refractivity contribution < 1.29 is 9.13 Å². The number of methoxy groups -OCH3 is 1. The number of rotatable bonds is 7. The quantitative estimate of drug-likeness (QED) is 0.851. The maximum absolute atomic E-state index is 13.4. The van der Waals surface area contributed by atoms with E-state index in [-0.39, 0.29) is 11.9 Å². The molecule has 0 spiro atoms. The Labute approximate surface area is 124 Å². The van der Waals surface area contributed by atoms with Crippen LogP contribution in [0.15, 0.2) is 36.8 Å². The van der Waals surface area contributed by atoms with Crippen molar-refractivity contribution in [3.8, 4) is 5.88 Å². The monoisotopic (exact) mass is 289 g/mol. The van der Waals surface area contributed by atoms with Gasteiger partial charge in [-0.1, -0.05) is 13.0 Å². The first kappa shape index (κ1) is 15.4. The second-order valence-corrected chi connectivity index (χ2v) is 4.86. The van der Waals surface area contributed by atoms with Crippen LogP contribution in [0.3, 0.4) is 0 Å². The molecular weight excluding hydrogens is 269 g/mol. The molecule has 5 heteroatoms. The first-order valence-corrected chi connectivity index (χ1v) is 7.05. The number of nitrogens with one attached hydrogen (secondary N) is 1. The molecule has 0 bridgehead atoms. The van der Waals surface area contributed by atoms with E-state index < -0.39 is 0 Å². The second kappa shape index (κ2) is 7.69. The van der Waals surface area contributed by atoms with Crippen molar-refractivity contribution in [3.63, 3.8) is 0 Å². The minimum absolute atomic E-state index is 0.0170. The average molecular weight is 289 g/mol. The third-order valence-electron chi connectivity index (χ3n) is 3.22. The maximum Gasteiger partial charge on any atom is 0.212 e. The van der Waals surface area contributed by atoms with Gasteiger partial charge in [0.25, 0.3) is 0 Å². The summed E-state index contributed by atoms with van der Waals surface area (Å²) in [6.07, 6.45) is 6.44. The van der Waals surface area contributed by atoms with E-state index in [9.17, 15) is 4.39 Å². The van der Waals surface area contributed by atoms with E-state index in [0.717, 1.165) is 30.5 Å². The summed E-state index contributed by atoms with van der Waals surface area (Å²) in [6.45, 7) is 2.97. The van der Waals surface area contributed by atoms with E-state index in [2.05, 4.69) is 22.2 Å². The summed E-state index contributed by atoms with van der Waals surface area (Å²) >= 11 is 0. The van der Waals surface area contributed by atoms with Crippen molar-refractivity contribution in [2.24, 2.45) is 0 Å². The lowest BCUT2D eigenvalue weighted by molar-refractivity contribution is 0.397. The van der Waals surface area contributed by atoms with Crippen molar-refractivity contribution >= 4 is 0 Å². The van der Waals surface area contributed by atoms with Crippen LogP contribution in [-0.2, 0) is 6.42 Å². The molecule has 1 atom stereocenters. The number of pyridine rings is 2. The predicted molar refractivity (Wildman–Crippen MR) is 79.7 cm³/mol. The molecule has 2 aromatic heterocycles. The van der Waals surface area contributed by atoms with E-state index >= 15 is 0 Å². The number of hydrogen-bond donors (Lipinski definition) is 1. The Kier molecular flexibility index (Phi) is 5.63. The number of halogens is 1. The largest absolute Gasteiger partial charge is 0.481 e. The number of nitrogens with zero attached hydrogens (tertiary/aromatic N) is 2. The van der Waals surface area contributed by atoms with Crippen LogP contribution < -0.4 is 10.1 Å². The smallest absolute Gasteiger partial charge is 0.212 e. The van der Waals surface area contributed by atoms with Gasteiger partial charge in [0.1, 0.15) is 5.82 Å². The molecule has 2 heterocycles. The Morgan fingerprint density at radius 3 is 2.76 bits per heavy atom. The van der Waals surface area contributed by atoms with Gasteiger partial charge in [0, 0.05) is 24.5 Å². The SMILES string of the molecule is CCCNC(Cc1ccc(OC)nc1)c1cncc(F)c1. The lowest BCUT2D eigenvalue weighted by Gasteiger charge is -2.19. The Hall–Kier alpha value is -2.01. The Morgan fingerprint density at radius 2 is 2.14 bits per heavy atom. The van der Waals surface area contributed by atoms with Gasteiger partial charge in [-0.15, -0.1) is 0 Å². The first-order chi connectivity index (χ1) is 10.2. The van der Waals surface area contributed by atoms with Gasteiger partial charge in [0.05, 0.1) is 13.3 Å². The fourth-order valence-electron chi connectivity index (χ4n) is 2.13. The molecule has 0 amide bonds. The van der Waals surface area contributed by atoms with Crippen LogP contribution in [0.5, 0.6) is 5.88 Å². The minimum Gasteiger partial charge on any atom is -0.481 e. The number of aromatic nitrogens is 2. The fraction of sp³-hybridized carbons (Fsp3) is 0.375. The molecule has 21 heavy (non-hydrogen) atoms. The van der Waals surface area contributed by atoms with Crippen LogP contribution in [0, 0.1) is 5.82 Å². The average Bonchev–Trinajstić information content (AvgIpc) is 2.52. The molecule has 0 radical (unpaired) electrons. The van der Waals surface area contributed by atoms with Crippen molar-refractivity contribution in [3.05, 3.63) is 53.7 Å². The molecule has 0 aliphatic heterocycles. The van der Waals surface area contributed by atoms with Crippen LogP contribution in [0.1, 0.15) is 30.5 Å². The molecule has 0 saturated heterocycles. The summed E-state index contributed by atoms with van der Waals surface area (Å²) in [5.74, 6) is 0.271. The van der Waals surface area contributed by atoms with Gasteiger partial charge in [0.15, 0.2) is 0 Å². The molecule has 0 fully saturated rings. The van der Waals surface area contributed by atoms with Gasteiger partial charge in [-0.25, -0.2) is 9.37 Å². The highest BCUT2D eigenvalue weighted by Gasteiger charge is 2.13. The van der Waals surface area contributed by atoms with Gasteiger partial charge in [-0.2, -0.15) is 0 Å². The lowest BCUT2D eigenvalue weighted by atomic mass is 10.0. The van der Waals surface area contributed by atoms with Crippen molar-refractivity contribution in [2.75, 3.05) is 13.7 Å². The molecule has 4 nitrogen and oxygen atoms in total. The zero-order valence-electron chi connectivity index (χ0n) is 12.3. The van der Waals surface area contributed by atoms with Crippen LogP contribution in [0.2, 0.25) is 0 Å². The summed E-state index contributed by atoms with van der Waals surface area (Å²) in [5.41, 5.74) is 1.91. The number of ether oxygens (including phenoxy) is 1. The molecule has 0 aliphatic rings. The van der Waals surface area contributed by atoms with Crippen LogP contribution in [-0.4, -0.2) is 23.6 Å². The van der Waals surface area contributed by atoms with Crippen LogP contribution in [0.25, 0.3) is 0 Å². The lowest BCUT2D eigenvalue weighted by Crippen LogP contribution is -2.24. The zero-order chi connectivity index (χ0) is 15.1. The van der Waals surface area contributed by atoms with E-state index in [4.69, 9.17) is 4.74 Å². The molecule has 0 aromatic carbocycles. The zero-order valence-corrected chi connectivity index (χ0v) is 12.3. The molecule has 2 aromatic rings. The summed E-state index contributed by atoms with van der Waals surface area (Å²) in [4.78, 5) is 8.13.